The Morgan fingerprint density at radius 1 is 1.15 bits per heavy atom. The lowest BCUT2D eigenvalue weighted by Gasteiger charge is -2.16. The Balaban J connectivity index is 1.72. The van der Waals surface area contributed by atoms with E-state index in [9.17, 15) is 4.79 Å². The highest BCUT2D eigenvalue weighted by Crippen LogP contribution is 2.23. The predicted octanol–water partition coefficient (Wildman–Crippen LogP) is 2.33. The van der Waals surface area contributed by atoms with Crippen molar-refractivity contribution in [2.75, 3.05) is 17.3 Å². The molecule has 0 atom stereocenters. The number of rotatable bonds is 4. The van der Waals surface area contributed by atoms with Crippen LogP contribution in [-0.4, -0.2) is 29.2 Å². The lowest BCUT2D eigenvalue weighted by molar-refractivity contribution is 0.0987. The summed E-state index contributed by atoms with van der Waals surface area (Å²) in [7, 11) is 1.73. The second-order valence-corrected chi connectivity index (χ2v) is 4.92. The Bertz CT molecular complexity index is 593. The minimum atomic E-state index is -0.165. The zero-order valence-corrected chi connectivity index (χ0v) is 11.3. The first-order valence-electron chi connectivity index (χ1n) is 6.67. The Morgan fingerprint density at radius 3 is 2.50 bits per heavy atom. The molecule has 1 saturated carbocycles. The van der Waals surface area contributed by atoms with Crippen molar-refractivity contribution < 1.29 is 4.79 Å². The molecule has 0 bridgehead atoms. The standard InChI is InChI=1S/C15H16N4O/c1-19(12-5-3-2-4-6-12)15(20)13-9-10-14(18-17-13)16-11-7-8-11/h2-6,9-11H,7-8H2,1H3,(H,16,18). The van der Waals surface area contributed by atoms with Gasteiger partial charge in [0.15, 0.2) is 5.69 Å². The summed E-state index contributed by atoms with van der Waals surface area (Å²) in [6.07, 6.45) is 2.36. The van der Waals surface area contributed by atoms with Crippen molar-refractivity contribution in [3.8, 4) is 0 Å². The second kappa shape index (κ2) is 5.28. The lowest BCUT2D eigenvalue weighted by atomic mass is 10.2. The third-order valence-electron chi connectivity index (χ3n) is 3.26. The monoisotopic (exact) mass is 268 g/mol. The number of amides is 1. The largest absolute Gasteiger partial charge is 0.366 e. The summed E-state index contributed by atoms with van der Waals surface area (Å²) < 4.78 is 0. The van der Waals surface area contributed by atoms with E-state index in [0.29, 0.717) is 11.7 Å². The Hall–Kier alpha value is -2.43. The summed E-state index contributed by atoms with van der Waals surface area (Å²) in [5.41, 5.74) is 1.18. The smallest absolute Gasteiger partial charge is 0.278 e. The first-order chi connectivity index (χ1) is 9.74. The van der Waals surface area contributed by atoms with Crippen molar-refractivity contribution in [1.82, 2.24) is 10.2 Å². The molecule has 1 N–H and O–H groups in total. The average molecular weight is 268 g/mol. The summed E-state index contributed by atoms with van der Waals surface area (Å²) in [4.78, 5) is 13.9. The van der Waals surface area contributed by atoms with Crippen molar-refractivity contribution in [2.45, 2.75) is 18.9 Å². The van der Waals surface area contributed by atoms with Crippen LogP contribution in [-0.2, 0) is 0 Å². The van der Waals surface area contributed by atoms with Gasteiger partial charge in [-0.15, -0.1) is 10.2 Å². The van der Waals surface area contributed by atoms with Crippen LogP contribution in [0.1, 0.15) is 23.3 Å². The SMILES string of the molecule is CN(C(=O)c1ccc(NC2CC2)nn1)c1ccccc1. The van der Waals surface area contributed by atoms with E-state index in [4.69, 9.17) is 0 Å². The third kappa shape index (κ3) is 2.77. The van der Waals surface area contributed by atoms with Crippen molar-refractivity contribution in [3.05, 3.63) is 48.2 Å². The van der Waals surface area contributed by atoms with Crippen LogP contribution in [0.15, 0.2) is 42.5 Å². The predicted molar refractivity (Wildman–Crippen MR) is 77.9 cm³/mol. The van der Waals surface area contributed by atoms with Gasteiger partial charge >= 0.3 is 0 Å². The van der Waals surface area contributed by atoms with Crippen LogP contribution < -0.4 is 10.2 Å². The van der Waals surface area contributed by atoms with Crippen LogP contribution in [0.4, 0.5) is 11.5 Å². The molecule has 5 heteroatoms. The first kappa shape index (κ1) is 12.6. The number of nitrogens with one attached hydrogen (secondary N) is 1. The number of benzene rings is 1. The molecule has 0 radical (unpaired) electrons. The second-order valence-electron chi connectivity index (χ2n) is 4.92. The molecule has 1 heterocycles. The summed E-state index contributed by atoms with van der Waals surface area (Å²) in [5, 5.41) is 11.3. The number of anilines is 2. The fourth-order valence-electron chi connectivity index (χ4n) is 1.90. The van der Waals surface area contributed by atoms with Gasteiger partial charge in [0, 0.05) is 18.8 Å². The molecular weight excluding hydrogens is 252 g/mol. The molecule has 20 heavy (non-hydrogen) atoms. The average Bonchev–Trinajstić information content (AvgIpc) is 3.31. The van der Waals surface area contributed by atoms with E-state index in [1.165, 1.54) is 12.8 Å². The molecule has 1 aliphatic rings. The van der Waals surface area contributed by atoms with E-state index < -0.39 is 0 Å². The number of para-hydroxylation sites is 1. The Kier molecular flexibility index (Phi) is 3.33. The van der Waals surface area contributed by atoms with E-state index >= 15 is 0 Å². The molecule has 1 fully saturated rings. The molecule has 1 aromatic heterocycles. The molecule has 0 saturated heterocycles. The van der Waals surface area contributed by atoms with Crippen LogP contribution in [0.5, 0.6) is 0 Å². The number of hydrogen-bond donors (Lipinski definition) is 1. The van der Waals surface area contributed by atoms with Crippen molar-refractivity contribution >= 4 is 17.4 Å². The zero-order valence-electron chi connectivity index (χ0n) is 11.3. The summed E-state index contributed by atoms with van der Waals surface area (Å²) in [6.45, 7) is 0. The molecule has 0 aliphatic heterocycles. The van der Waals surface area contributed by atoms with Gasteiger partial charge < -0.3 is 10.2 Å². The maximum Gasteiger partial charge on any atom is 0.278 e. The summed E-state index contributed by atoms with van der Waals surface area (Å²) >= 11 is 0. The lowest BCUT2D eigenvalue weighted by Crippen LogP contribution is -2.27. The van der Waals surface area contributed by atoms with Crippen LogP contribution in [0.3, 0.4) is 0 Å². The minimum absolute atomic E-state index is 0.165. The number of hydrogen-bond acceptors (Lipinski definition) is 4. The molecule has 5 nitrogen and oxygen atoms in total. The number of nitrogens with zero attached hydrogens (tertiary/aromatic N) is 3. The van der Waals surface area contributed by atoms with Gasteiger partial charge in [0.05, 0.1) is 0 Å². The van der Waals surface area contributed by atoms with E-state index in [1.54, 1.807) is 24.1 Å². The van der Waals surface area contributed by atoms with E-state index in [0.717, 1.165) is 11.5 Å². The van der Waals surface area contributed by atoms with Crippen LogP contribution in [0, 0.1) is 0 Å². The molecule has 0 spiro atoms. The first-order valence-corrected chi connectivity index (χ1v) is 6.67. The molecule has 1 aromatic carbocycles. The quantitative estimate of drug-likeness (QED) is 0.924. The highest BCUT2D eigenvalue weighted by molar-refractivity contribution is 6.04. The van der Waals surface area contributed by atoms with E-state index in [2.05, 4.69) is 15.5 Å². The molecular formula is C15H16N4O. The maximum absolute atomic E-state index is 12.3. The molecule has 102 valence electrons. The summed E-state index contributed by atoms with van der Waals surface area (Å²) in [5.74, 6) is 0.563. The van der Waals surface area contributed by atoms with Gasteiger partial charge in [-0.25, -0.2) is 0 Å². The highest BCUT2D eigenvalue weighted by atomic mass is 16.2. The number of aromatic nitrogens is 2. The number of carbonyl (C=O) groups excluding carboxylic acids is 1. The van der Waals surface area contributed by atoms with Gasteiger partial charge in [0.25, 0.3) is 5.91 Å². The van der Waals surface area contributed by atoms with Crippen molar-refractivity contribution in [2.24, 2.45) is 0 Å². The van der Waals surface area contributed by atoms with Gasteiger partial charge in [-0.3, -0.25) is 4.79 Å². The third-order valence-corrected chi connectivity index (χ3v) is 3.26. The van der Waals surface area contributed by atoms with E-state index in [-0.39, 0.29) is 5.91 Å². The van der Waals surface area contributed by atoms with Gasteiger partial charge in [0.1, 0.15) is 5.82 Å². The highest BCUT2D eigenvalue weighted by Gasteiger charge is 2.22. The van der Waals surface area contributed by atoms with Crippen LogP contribution in [0.2, 0.25) is 0 Å². The molecule has 1 aliphatic carbocycles. The summed E-state index contributed by atoms with van der Waals surface area (Å²) in [6, 6.07) is 13.5. The normalized spacial score (nSPS) is 13.8. The molecule has 0 unspecified atom stereocenters. The van der Waals surface area contributed by atoms with E-state index in [1.807, 2.05) is 30.3 Å². The zero-order chi connectivity index (χ0) is 13.9. The van der Waals surface area contributed by atoms with Gasteiger partial charge in [-0.1, -0.05) is 18.2 Å². The fraction of sp³-hybridized carbons (Fsp3) is 0.267. The van der Waals surface area contributed by atoms with Gasteiger partial charge in [-0.2, -0.15) is 0 Å². The Morgan fingerprint density at radius 2 is 1.90 bits per heavy atom. The number of carbonyl (C=O) groups is 1. The minimum Gasteiger partial charge on any atom is -0.366 e. The topological polar surface area (TPSA) is 58.1 Å². The maximum atomic E-state index is 12.3. The molecule has 3 rings (SSSR count). The van der Waals surface area contributed by atoms with Gasteiger partial charge in [0.2, 0.25) is 0 Å². The molecule has 2 aromatic rings. The van der Waals surface area contributed by atoms with Crippen LogP contribution >= 0.6 is 0 Å². The van der Waals surface area contributed by atoms with Crippen molar-refractivity contribution in [1.29, 1.82) is 0 Å². The fourth-order valence-corrected chi connectivity index (χ4v) is 1.90. The Labute approximate surface area is 117 Å². The van der Waals surface area contributed by atoms with Crippen molar-refractivity contribution in [3.63, 3.8) is 0 Å². The van der Waals surface area contributed by atoms with Gasteiger partial charge in [-0.05, 0) is 37.1 Å². The van der Waals surface area contributed by atoms with Crippen LogP contribution in [0.25, 0.3) is 0 Å². The molecule has 1 amide bonds.